The second kappa shape index (κ2) is 6.58. The van der Waals surface area contributed by atoms with Crippen LogP contribution >= 0.6 is 0 Å². The van der Waals surface area contributed by atoms with Gasteiger partial charge in [0.15, 0.2) is 0 Å². The minimum atomic E-state index is 0.135. The van der Waals surface area contributed by atoms with E-state index >= 15 is 0 Å². The third-order valence-electron chi connectivity index (χ3n) is 3.36. The van der Waals surface area contributed by atoms with Crippen LogP contribution < -0.4 is 0 Å². The Balaban J connectivity index is 2.87. The van der Waals surface area contributed by atoms with Crippen molar-refractivity contribution in [1.29, 1.82) is 0 Å². The molecule has 100 valence electrons. The molecule has 0 N–H and O–H groups in total. The van der Waals surface area contributed by atoms with E-state index in [4.69, 9.17) is 0 Å². The maximum atomic E-state index is 4.34. The Morgan fingerprint density at radius 3 is 2.67 bits per heavy atom. The molecule has 18 heavy (non-hydrogen) atoms. The average molecular weight is 246 g/mol. The number of amidine groups is 1. The molecule has 0 aromatic heterocycles. The first-order valence-corrected chi connectivity index (χ1v) is 6.81. The van der Waals surface area contributed by atoms with Crippen LogP contribution in [0, 0.1) is 11.3 Å². The van der Waals surface area contributed by atoms with Crippen molar-refractivity contribution in [2.24, 2.45) is 16.3 Å². The molecule has 1 aliphatic heterocycles. The van der Waals surface area contributed by atoms with Crippen LogP contribution in [0.25, 0.3) is 0 Å². The fourth-order valence-electron chi connectivity index (χ4n) is 1.73. The Morgan fingerprint density at radius 2 is 2.11 bits per heavy atom. The predicted molar refractivity (Wildman–Crippen MR) is 80.5 cm³/mol. The van der Waals surface area contributed by atoms with Gasteiger partial charge in [-0.25, -0.2) is 0 Å². The molecule has 0 fully saturated rings. The molecule has 2 heteroatoms. The molecular formula is C16H26N2. The molecule has 0 amide bonds. The average Bonchev–Trinajstić information content (AvgIpc) is 2.50. The molecule has 0 bridgehead atoms. The van der Waals surface area contributed by atoms with Crippen molar-refractivity contribution in [1.82, 2.24) is 4.90 Å². The molecule has 0 saturated heterocycles. The lowest BCUT2D eigenvalue weighted by atomic mass is 9.87. The van der Waals surface area contributed by atoms with Gasteiger partial charge in [0, 0.05) is 24.9 Å². The molecule has 0 saturated carbocycles. The van der Waals surface area contributed by atoms with Gasteiger partial charge in [0.05, 0.1) is 0 Å². The summed E-state index contributed by atoms with van der Waals surface area (Å²) in [5.74, 6) is 1.68. The van der Waals surface area contributed by atoms with Crippen LogP contribution in [0.15, 0.2) is 41.7 Å². The van der Waals surface area contributed by atoms with Crippen LogP contribution in [0.5, 0.6) is 0 Å². The van der Waals surface area contributed by atoms with Crippen molar-refractivity contribution in [2.75, 3.05) is 7.05 Å². The van der Waals surface area contributed by atoms with Gasteiger partial charge in [0.25, 0.3) is 0 Å². The monoisotopic (exact) mass is 246 g/mol. The van der Waals surface area contributed by atoms with E-state index in [-0.39, 0.29) is 5.41 Å². The van der Waals surface area contributed by atoms with Gasteiger partial charge in [0.1, 0.15) is 5.84 Å². The zero-order valence-corrected chi connectivity index (χ0v) is 12.4. The van der Waals surface area contributed by atoms with Crippen molar-refractivity contribution in [2.45, 2.75) is 40.5 Å². The summed E-state index contributed by atoms with van der Waals surface area (Å²) >= 11 is 0. The Hall–Kier alpha value is -1.31. The molecule has 0 aromatic rings. The normalized spacial score (nSPS) is 26.6. The fourth-order valence-corrected chi connectivity index (χ4v) is 1.73. The lowest BCUT2D eigenvalue weighted by Gasteiger charge is -2.17. The molecule has 1 aliphatic rings. The SMILES string of the molecule is CCC1(C)C=CC(=NC)N(/C=C\CC(C)C)C=C1. The van der Waals surface area contributed by atoms with Gasteiger partial charge in [0.2, 0.25) is 0 Å². The zero-order chi connectivity index (χ0) is 13.6. The first-order chi connectivity index (χ1) is 8.50. The summed E-state index contributed by atoms with van der Waals surface area (Å²) in [7, 11) is 1.84. The Labute approximate surface area is 112 Å². The van der Waals surface area contributed by atoms with Gasteiger partial charge in [-0.3, -0.25) is 4.99 Å². The third-order valence-corrected chi connectivity index (χ3v) is 3.36. The van der Waals surface area contributed by atoms with E-state index < -0.39 is 0 Å². The predicted octanol–water partition coefficient (Wildman–Crippen LogP) is 4.38. The molecule has 0 spiro atoms. The molecule has 2 nitrogen and oxygen atoms in total. The summed E-state index contributed by atoms with van der Waals surface area (Å²) in [6, 6.07) is 0. The highest BCUT2D eigenvalue weighted by Crippen LogP contribution is 2.27. The summed E-state index contributed by atoms with van der Waals surface area (Å²) in [6.45, 7) is 8.91. The number of rotatable bonds is 4. The summed E-state index contributed by atoms with van der Waals surface area (Å²) in [5, 5.41) is 0. The molecule has 0 aromatic carbocycles. The molecule has 0 radical (unpaired) electrons. The minimum absolute atomic E-state index is 0.135. The summed E-state index contributed by atoms with van der Waals surface area (Å²) in [5.41, 5.74) is 0.135. The first-order valence-electron chi connectivity index (χ1n) is 6.81. The highest BCUT2D eigenvalue weighted by Gasteiger charge is 2.18. The molecular weight excluding hydrogens is 220 g/mol. The van der Waals surface area contributed by atoms with E-state index in [2.05, 4.69) is 74.3 Å². The maximum absolute atomic E-state index is 4.34. The van der Waals surface area contributed by atoms with Crippen molar-refractivity contribution in [3.63, 3.8) is 0 Å². The van der Waals surface area contributed by atoms with Crippen LogP contribution in [0.4, 0.5) is 0 Å². The number of aliphatic imine (C=N–C) groups is 1. The largest absolute Gasteiger partial charge is 0.310 e. The second-order valence-corrected chi connectivity index (χ2v) is 5.51. The van der Waals surface area contributed by atoms with Crippen molar-refractivity contribution < 1.29 is 0 Å². The van der Waals surface area contributed by atoms with Crippen molar-refractivity contribution in [3.05, 3.63) is 36.7 Å². The van der Waals surface area contributed by atoms with E-state index in [1.54, 1.807) is 0 Å². The van der Waals surface area contributed by atoms with Crippen LogP contribution in [0.1, 0.15) is 40.5 Å². The lowest BCUT2D eigenvalue weighted by molar-refractivity contribution is 0.527. The second-order valence-electron chi connectivity index (χ2n) is 5.51. The minimum Gasteiger partial charge on any atom is -0.310 e. The van der Waals surface area contributed by atoms with E-state index in [1.807, 2.05) is 7.05 Å². The zero-order valence-electron chi connectivity index (χ0n) is 12.4. The molecule has 0 aliphatic carbocycles. The Bertz CT molecular complexity index is 375. The van der Waals surface area contributed by atoms with E-state index in [0.29, 0.717) is 5.92 Å². The summed E-state index contributed by atoms with van der Waals surface area (Å²) < 4.78 is 0. The van der Waals surface area contributed by atoms with Crippen LogP contribution in [-0.4, -0.2) is 17.8 Å². The van der Waals surface area contributed by atoms with Crippen LogP contribution in [-0.2, 0) is 0 Å². The maximum Gasteiger partial charge on any atom is 0.131 e. The molecule has 1 atom stereocenters. The van der Waals surface area contributed by atoms with E-state index in [0.717, 1.165) is 18.7 Å². The molecule has 1 unspecified atom stereocenters. The smallest absolute Gasteiger partial charge is 0.131 e. The van der Waals surface area contributed by atoms with Crippen LogP contribution in [0.3, 0.4) is 0 Å². The Kier molecular flexibility index (Phi) is 5.39. The number of nitrogens with zero attached hydrogens (tertiary/aromatic N) is 2. The van der Waals surface area contributed by atoms with Gasteiger partial charge >= 0.3 is 0 Å². The van der Waals surface area contributed by atoms with Gasteiger partial charge in [-0.15, -0.1) is 0 Å². The Morgan fingerprint density at radius 1 is 1.39 bits per heavy atom. The third kappa shape index (κ3) is 4.17. The fraction of sp³-hybridized carbons (Fsp3) is 0.562. The first kappa shape index (κ1) is 14.7. The number of hydrogen-bond acceptors (Lipinski definition) is 1. The highest BCUT2D eigenvalue weighted by atomic mass is 15.1. The molecule has 1 heterocycles. The quantitative estimate of drug-likeness (QED) is 0.719. The standard InChI is InChI=1S/C16H26N2/c1-6-16(4)10-9-15(17-5)18(13-11-16)12-7-8-14(2)3/h7,9-14H,6,8H2,1-5H3/b12-7-,17-15?. The van der Waals surface area contributed by atoms with Crippen LogP contribution in [0.2, 0.25) is 0 Å². The highest BCUT2D eigenvalue weighted by molar-refractivity contribution is 5.94. The van der Waals surface area contributed by atoms with Crippen molar-refractivity contribution >= 4 is 5.84 Å². The number of hydrogen-bond donors (Lipinski definition) is 0. The van der Waals surface area contributed by atoms with Gasteiger partial charge in [-0.1, -0.05) is 45.9 Å². The van der Waals surface area contributed by atoms with E-state index in [1.165, 1.54) is 0 Å². The summed E-state index contributed by atoms with van der Waals surface area (Å²) in [4.78, 5) is 6.44. The lowest BCUT2D eigenvalue weighted by Crippen LogP contribution is -2.16. The van der Waals surface area contributed by atoms with Gasteiger partial charge in [-0.2, -0.15) is 0 Å². The van der Waals surface area contributed by atoms with E-state index in [9.17, 15) is 0 Å². The summed E-state index contributed by atoms with van der Waals surface area (Å²) in [6.07, 6.45) is 15.2. The van der Waals surface area contributed by atoms with Crippen molar-refractivity contribution in [3.8, 4) is 0 Å². The van der Waals surface area contributed by atoms with Gasteiger partial charge in [-0.05, 0) is 24.8 Å². The molecule has 1 rings (SSSR count). The van der Waals surface area contributed by atoms with Gasteiger partial charge < -0.3 is 4.90 Å². The number of allylic oxidation sites excluding steroid dienone is 3. The topological polar surface area (TPSA) is 15.6 Å².